The van der Waals surface area contributed by atoms with Crippen molar-refractivity contribution in [1.29, 1.82) is 0 Å². The van der Waals surface area contributed by atoms with Gasteiger partial charge in [-0.3, -0.25) is 14.4 Å². The largest absolute Gasteiger partial charge is 0.480 e. The lowest BCUT2D eigenvalue weighted by Crippen LogP contribution is -2.55. The summed E-state index contributed by atoms with van der Waals surface area (Å²) in [6.07, 6.45) is 0.594. The van der Waals surface area contributed by atoms with Gasteiger partial charge in [0.25, 0.3) is 5.91 Å². The number of nitrogens with zero attached hydrogens (tertiary/aromatic N) is 1. The van der Waals surface area contributed by atoms with Crippen LogP contribution in [0.25, 0.3) is 0 Å². The normalized spacial score (nSPS) is 23.0. The lowest BCUT2D eigenvalue weighted by molar-refractivity contribution is -0.143. The first-order chi connectivity index (χ1) is 13.8. The SMILES string of the molecule is CCC(C)C(NC(=O)C(C)NC(=O)C1CSC2c3ccccc3C(=O)N12)C(=O)O. The number of benzene rings is 1. The Kier molecular flexibility index (Phi) is 6.16. The van der Waals surface area contributed by atoms with Crippen molar-refractivity contribution in [3.63, 3.8) is 0 Å². The minimum Gasteiger partial charge on any atom is -0.480 e. The zero-order valence-corrected chi connectivity index (χ0v) is 17.4. The van der Waals surface area contributed by atoms with Gasteiger partial charge in [-0.2, -0.15) is 0 Å². The predicted molar refractivity (Wildman–Crippen MR) is 108 cm³/mol. The third kappa shape index (κ3) is 3.96. The van der Waals surface area contributed by atoms with E-state index in [0.29, 0.717) is 17.7 Å². The number of nitrogens with one attached hydrogen (secondary N) is 2. The second-order valence-corrected chi connectivity index (χ2v) is 8.55. The number of thioether (sulfide) groups is 1. The van der Waals surface area contributed by atoms with Gasteiger partial charge >= 0.3 is 5.97 Å². The third-order valence-corrected chi connectivity index (χ3v) is 6.83. The fraction of sp³-hybridized carbons (Fsp3) is 0.500. The number of fused-ring (bicyclic) bond motifs is 3. The van der Waals surface area contributed by atoms with Crippen LogP contribution in [0.4, 0.5) is 0 Å². The molecule has 9 heteroatoms. The summed E-state index contributed by atoms with van der Waals surface area (Å²) >= 11 is 1.52. The summed E-state index contributed by atoms with van der Waals surface area (Å²) in [5.41, 5.74) is 1.51. The van der Waals surface area contributed by atoms with Crippen molar-refractivity contribution in [2.75, 3.05) is 5.75 Å². The first-order valence-electron chi connectivity index (χ1n) is 9.63. The Labute approximate surface area is 173 Å². The molecule has 2 aliphatic heterocycles. The van der Waals surface area contributed by atoms with Gasteiger partial charge < -0.3 is 20.6 Å². The van der Waals surface area contributed by atoms with Gasteiger partial charge in [0.1, 0.15) is 23.5 Å². The summed E-state index contributed by atoms with van der Waals surface area (Å²) in [7, 11) is 0. The molecule has 0 saturated carbocycles. The van der Waals surface area contributed by atoms with Crippen molar-refractivity contribution < 1.29 is 24.3 Å². The van der Waals surface area contributed by atoms with Crippen molar-refractivity contribution in [3.05, 3.63) is 35.4 Å². The molecule has 0 aliphatic carbocycles. The van der Waals surface area contributed by atoms with Crippen LogP contribution in [-0.4, -0.2) is 57.6 Å². The number of carbonyl (C=O) groups is 4. The summed E-state index contributed by atoms with van der Waals surface area (Å²) in [4.78, 5) is 50.9. The fourth-order valence-electron chi connectivity index (χ4n) is 3.58. The first-order valence-corrected chi connectivity index (χ1v) is 10.7. The summed E-state index contributed by atoms with van der Waals surface area (Å²) in [6, 6.07) is 4.69. The van der Waals surface area contributed by atoms with Gasteiger partial charge in [0.2, 0.25) is 11.8 Å². The van der Waals surface area contributed by atoms with Gasteiger partial charge in [-0.15, -0.1) is 11.8 Å². The van der Waals surface area contributed by atoms with Crippen molar-refractivity contribution in [2.45, 2.75) is 50.7 Å². The molecule has 3 amide bonds. The molecule has 0 spiro atoms. The van der Waals surface area contributed by atoms with E-state index in [2.05, 4.69) is 10.6 Å². The Morgan fingerprint density at radius 3 is 2.59 bits per heavy atom. The van der Waals surface area contributed by atoms with Gasteiger partial charge in [-0.05, 0) is 24.5 Å². The second-order valence-electron chi connectivity index (χ2n) is 7.44. The number of carbonyl (C=O) groups excluding carboxylic acids is 3. The van der Waals surface area contributed by atoms with Crippen LogP contribution < -0.4 is 10.6 Å². The molecule has 2 heterocycles. The minimum atomic E-state index is -1.11. The Balaban J connectivity index is 1.64. The zero-order chi connectivity index (χ0) is 21.3. The van der Waals surface area contributed by atoms with Gasteiger partial charge in [-0.25, -0.2) is 4.79 Å². The first kappa shape index (κ1) is 21.2. The zero-order valence-electron chi connectivity index (χ0n) is 16.5. The van der Waals surface area contributed by atoms with Crippen LogP contribution in [0.1, 0.15) is 48.5 Å². The molecule has 0 radical (unpaired) electrons. The van der Waals surface area contributed by atoms with Crippen LogP contribution in [-0.2, 0) is 14.4 Å². The predicted octanol–water partition coefficient (Wildman–Crippen LogP) is 1.38. The number of carboxylic acid groups (broad SMARTS) is 1. The van der Waals surface area contributed by atoms with Gasteiger partial charge in [0, 0.05) is 11.3 Å². The molecule has 1 fully saturated rings. The van der Waals surface area contributed by atoms with Crippen molar-refractivity contribution >= 4 is 35.5 Å². The van der Waals surface area contributed by atoms with Crippen LogP contribution in [0.3, 0.4) is 0 Å². The molecule has 0 bridgehead atoms. The van der Waals surface area contributed by atoms with E-state index in [1.54, 1.807) is 24.0 Å². The third-order valence-electron chi connectivity index (χ3n) is 5.52. The van der Waals surface area contributed by atoms with E-state index >= 15 is 0 Å². The fourth-order valence-corrected chi connectivity index (χ4v) is 5.04. The Hall–Kier alpha value is -2.55. The minimum absolute atomic E-state index is 0.185. The molecule has 156 valence electrons. The second kappa shape index (κ2) is 8.44. The quantitative estimate of drug-likeness (QED) is 0.615. The highest BCUT2D eigenvalue weighted by atomic mass is 32.2. The lowest BCUT2D eigenvalue weighted by atomic mass is 9.99. The molecule has 8 nitrogen and oxygen atoms in total. The number of hydrogen-bond donors (Lipinski definition) is 3. The highest BCUT2D eigenvalue weighted by Crippen LogP contribution is 2.48. The molecular weight excluding hydrogens is 394 g/mol. The van der Waals surface area contributed by atoms with Crippen molar-refractivity contribution in [1.82, 2.24) is 15.5 Å². The molecule has 0 aromatic heterocycles. The molecule has 1 aromatic rings. The number of aliphatic carboxylic acids is 1. The summed E-state index contributed by atoms with van der Waals surface area (Å²) < 4.78 is 0. The molecule has 1 saturated heterocycles. The van der Waals surface area contributed by atoms with Crippen LogP contribution in [0.2, 0.25) is 0 Å². The number of hydrogen-bond acceptors (Lipinski definition) is 5. The van der Waals surface area contributed by atoms with E-state index in [1.807, 2.05) is 19.1 Å². The van der Waals surface area contributed by atoms with E-state index in [9.17, 15) is 24.3 Å². The average molecular weight is 420 g/mol. The monoisotopic (exact) mass is 419 g/mol. The number of rotatable bonds is 7. The van der Waals surface area contributed by atoms with Crippen LogP contribution >= 0.6 is 11.8 Å². The maximum absolute atomic E-state index is 12.8. The number of amides is 3. The molecule has 3 N–H and O–H groups in total. The van der Waals surface area contributed by atoms with Crippen LogP contribution in [0, 0.1) is 5.92 Å². The van der Waals surface area contributed by atoms with E-state index in [0.717, 1.165) is 5.56 Å². The standard InChI is InChI=1S/C20H25N3O5S/c1-4-10(2)15(20(27)28)22-16(24)11(3)21-17(25)14-9-29-19-13-8-6-5-7-12(13)18(26)23(14)19/h5-8,10-11,14-15,19H,4,9H2,1-3H3,(H,21,25)(H,22,24)(H,27,28). The van der Waals surface area contributed by atoms with Gasteiger partial charge in [0.15, 0.2) is 0 Å². The van der Waals surface area contributed by atoms with Crippen molar-refractivity contribution in [2.24, 2.45) is 5.92 Å². The maximum Gasteiger partial charge on any atom is 0.326 e. The van der Waals surface area contributed by atoms with E-state index in [4.69, 9.17) is 0 Å². The molecule has 5 atom stereocenters. The lowest BCUT2D eigenvalue weighted by Gasteiger charge is -2.25. The van der Waals surface area contributed by atoms with Crippen LogP contribution in [0.15, 0.2) is 24.3 Å². The topological polar surface area (TPSA) is 116 Å². The average Bonchev–Trinajstić information content (AvgIpc) is 3.25. The maximum atomic E-state index is 12.8. The summed E-state index contributed by atoms with van der Waals surface area (Å²) in [5, 5.41) is 14.3. The van der Waals surface area contributed by atoms with E-state index in [-0.39, 0.29) is 17.2 Å². The van der Waals surface area contributed by atoms with Crippen molar-refractivity contribution in [3.8, 4) is 0 Å². The molecule has 29 heavy (non-hydrogen) atoms. The summed E-state index contributed by atoms with van der Waals surface area (Å²) in [5.74, 6) is -2.08. The molecule has 2 aliphatic rings. The van der Waals surface area contributed by atoms with Gasteiger partial charge in [0.05, 0.1) is 0 Å². The van der Waals surface area contributed by atoms with Gasteiger partial charge in [-0.1, -0.05) is 38.5 Å². The van der Waals surface area contributed by atoms with E-state index < -0.39 is 35.9 Å². The Bertz CT molecular complexity index is 845. The molecule has 3 rings (SSSR count). The number of carboxylic acids is 1. The highest BCUT2D eigenvalue weighted by molar-refractivity contribution is 7.99. The van der Waals surface area contributed by atoms with Crippen LogP contribution in [0.5, 0.6) is 0 Å². The smallest absolute Gasteiger partial charge is 0.326 e. The summed E-state index contributed by atoms with van der Waals surface area (Å²) in [6.45, 7) is 5.09. The molecule has 1 aromatic carbocycles. The highest BCUT2D eigenvalue weighted by Gasteiger charge is 2.48. The molecular formula is C20H25N3O5S. The Morgan fingerprint density at radius 2 is 1.93 bits per heavy atom. The van der Waals surface area contributed by atoms with E-state index in [1.165, 1.54) is 18.7 Å². The Morgan fingerprint density at radius 1 is 1.24 bits per heavy atom. The molecule has 5 unspecified atom stereocenters.